The van der Waals surface area contributed by atoms with Crippen LogP contribution >= 0.6 is 15.9 Å². The lowest BCUT2D eigenvalue weighted by Crippen LogP contribution is -2.43. The molecule has 0 aliphatic carbocycles. The summed E-state index contributed by atoms with van der Waals surface area (Å²) in [6.45, 7) is 2.15. The molecule has 1 saturated heterocycles. The third-order valence-corrected chi connectivity index (χ3v) is 3.89. The van der Waals surface area contributed by atoms with E-state index in [0.717, 1.165) is 36.0 Å². The van der Waals surface area contributed by atoms with Gasteiger partial charge in [0.2, 0.25) is 5.91 Å². The minimum absolute atomic E-state index is 0.131. The van der Waals surface area contributed by atoms with Crippen molar-refractivity contribution < 1.29 is 4.79 Å². The number of nitrogens with zero attached hydrogens (tertiary/aromatic N) is 1. The van der Waals surface area contributed by atoms with Gasteiger partial charge in [-0.25, -0.2) is 0 Å². The lowest BCUT2D eigenvalue weighted by atomic mass is 10.0. The normalized spacial score (nSPS) is 17.7. The first-order valence-electron chi connectivity index (χ1n) is 6.36. The molecule has 2 rings (SSSR count). The van der Waals surface area contributed by atoms with E-state index in [1.54, 1.807) is 0 Å². The van der Waals surface area contributed by atoms with E-state index in [0.29, 0.717) is 12.5 Å². The third-order valence-electron chi connectivity index (χ3n) is 3.36. The maximum absolute atomic E-state index is 11.9. The molecule has 4 heteroatoms. The number of benzene rings is 1. The van der Waals surface area contributed by atoms with Crippen molar-refractivity contribution in [1.82, 2.24) is 10.2 Å². The molecule has 1 heterocycles. The summed E-state index contributed by atoms with van der Waals surface area (Å²) in [7, 11) is 2.12. The molecule has 0 saturated carbocycles. The van der Waals surface area contributed by atoms with Crippen LogP contribution in [0.25, 0.3) is 0 Å². The van der Waals surface area contributed by atoms with Crippen LogP contribution in [-0.4, -0.2) is 37.0 Å². The van der Waals surface area contributed by atoms with Gasteiger partial charge in [-0.1, -0.05) is 28.1 Å². The molecule has 98 valence electrons. The Balaban J connectivity index is 1.80. The number of halogens is 1. The zero-order valence-corrected chi connectivity index (χ0v) is 12.2. The Morgan fingerprint density at radius 1 is 1.33 bits per heavy atom. The van der Waals surface area contributed by atoms with Gasteiger partial charge >= 0.3 is 0 Å². The Hall–Kier alpha value is -0.870. The molecule has 0 aromatic heterocycles. The monoisotopic (exact) mass is 310 g/mol. The van der Waals surface area contributed by atoms with E-state index in [2.05, 4.69) is 33.2 Å². The van der Waals surface area contributed by atoms with Crippen molar-refractivity contribution in [3.05, 3.63) is 34.3 Å². The molecule has 1 N–H and O–H groups in total. The highest BCUT2D eigenvalue weighted by atomic mass is 79.9. The molecule has 0 spiro atoms. The van der Waals surface area contributed by atoms with Crippen molar-refractivity contribution in [1.29, 1.82) is 0 Å². The summed E-state index contributed by atoms with van der Waals surface area (Å²) < 4.78 is 1.04. The first-order chi connectivity index (χ1) is 8.63. The highest BCUT2D eigenvalue weighted by Crippen LogP contribution is 2.12. The van der Waals surface area contributed by atoms with Crippen molar-refractivity contribution in [3.8, 4) is 0 Å². The van der Waals surface area contributed by atoms with Gasteiger partial charge in [0.25, 0.3) is 0 Å². The molecule has 18 heavy (non-hydrogen) atoms. The topological polar surface area (TPSA) is 32.3 Å². The summed E-state index contributed by atoms with van der Waals surface area (Å²) in [5.74, 6) is 0.131. The molecule has 0 bridgehead atoms. The Morgan fingerprint density at radius 3 is 2.56 bits per heavy atom. The Bertz CT molecular complexity index is 397. The smallest absolute Gasteiger partial charge is 0.224 e. The summed E-state index contributed by atoms with van der Waals surface area (Å²) in [5.41, 5.74) is 1.06. The van der Waals surface area contributed by atoms with Gasteiger partial charge < -0.3 is 10.2 Å². The van der Waals surface area contributed by atoms with E-state index < -0.39 is 0 Å². The SMILES string of the molecule is CN1CCC(NC(=O)Cc2ccc(Br)cc2)CC1. The maximum Gasteiger partial charge on any atom is 0.224 e. The fraction of sp³-hybridized carbons (Fsp3) is 0.500. The van der Waals surface area contributed by atoms with Gasteiger partial charge in [-0.05, 0) is 50.7 Å². The Kier molecular flexibility index (Phi) is 4.78. The van der Waals surface area contributed by atoms with Crippen LogP contribution in [0.4, 0.5) is 0 Å². The van der Waals surface area contributed by atoms with Gasteiger partial charge in [-0.15, -0.1) is 0 Å². The summed E-state index contributed by atoms with van der Waals surface area (Å²) in [5, 5.41) is 3.13. The highest BCUT2D eigenvalue weighted by Gasteiger charge is 2.18. The Morgan fingerprint density at radius 2 is 1.94 bits per heavy atom. The quantitative estimate of drug-likeness (QED) is 0.928. The molecule has 0 atom stereocenters. The van der Waals surface area contributed by atoms with Crippen LogP contribution in [0.1, 0.15) is 18.4 Å². The fourth-order valence-electron chi connectivity index (χ4n) is 2.22. The fourth-order valence-corrected chi connectivity index (χ4v) is 2.48. The lowest BCUT2D eigenvalue weighted by Gasteiger charge is -2.29. The molecule has 1 fully saturated rings. The van der Waals surface area contributed by atoms with Crippen molar-refractivity contribution in [3.63, 3.8) is 0 Å². The molecular weight excluding hydrogens is 292 g/mol. The predicted molar refractivity (Wildman–Crippen MR) is 76.5 cm³/mol. The van der Waals surface area contributed by atoms with Crippen molar-refractivity contribution in [2.24, 2.45) is 0 Å². The first kappa shape index (κ1) is 13.6. The predicted octanol–water partition coefficient (Wildman–Crippen LogP) is 2.20. The van der Waals surface area contributed by atoms with Crippen LogP contribution in [0.2, 0.25) is 0 Å². The van der Waals surface area contributed by atoms with Gasteiger partial charge in [-0.3, -0.25) is 4.79 Å². The number of amides is 1. The van der Waals surface area contributed by atoms with Crippen LogP contribution in [-0.2, 0) is 11.2 Å². The zero-order valence-electron chi connectivity index (χ0n) is 10.7. The average Bonchev–Trinajstić information content (AvgIpc) is 2.35. The molecule has 1 aromatic rings. The molecule has 0 unspecified atom stereocenters. The molecule has 0 radical (unpaired) electrons. The van der Waals surface area contributed by atoms with E-state index in [1.807, 2.05) is 24.3 Å². The first-order valence-corrected chi connectivity index (χ1v) is 7.15. The Labute approximate surface area is 117 Å². The maximum atomic E-state index is 11.9. The number of hydrogen-bond acceptors (Lipinski definition) is 2. The van der Waals surface area contributed by atoms with Crippen LogP contribution in [0, 0.1) is 0 Å². The second-order valence-electron chi connectivity index (χ2n) is 4.95. The summed E-state index contributed by atoms with van der Waals surface area (Å²) in [6, 6.07) is 8.26. The minimum Gasteiger partial charge on any atom is -0.353 e. The number of piperidine rings is 1. The van der Waals surface area contributed by atoms with Crippen LogP contribution in [0.3, 0.4) is 0 Å². The average molecular weight is 311 g/mol. The molecule has 1 amide bonds. The van der Waals surface area contributed by atoms with E-state index in [1.165, 1.54) is 0 Å². The van der Waals surface area contributed by atoms with Crippen molar-refractivity contribution in [2.45, 2.75) is 25.3 Å². The van der Waals surface area contributed by atoms with Gasteiger partial charge in [0.15, 0.2) is 0 Å². The number of likely N-dealkylation sites (tertiary alicyclic amines) is 1. The van der Waals surface area contributed by atoms with Crippen molar-refractivity contribution >= 4 is 21.8 Å². The highest BCUT2D eigenvalue weighted by molar-refractivity contribution is 9.10. The van der Waals surface area contributed by atoms with E-state index >= 15 is 0 Å². The molecular formula is C14H19BrN2O. The van der Waals surface area contributed by atoms with Crippen LogP contribution in [0.15, 0.2) is 28.7 Å². The van der Waals surface area contributed by atoms with Crippen molar-refractivity contribution in [2.75, 3.05) is 20.1 Å². The minimum atomic E-state index is 0.131. The zero-order chi connectivity index (χ0) is 13.0. The second kappa shape index (κ2) is 6.34. The summed E-state index contributed by atoms with van der Waals surface area (Å²) in [4.78, 5) is 14.2. The molecule has 3 nitrogen and oxygen atoms in total. The van der Waals surface area contributed by atoms with E-state index in [4.69, 9.17) is 0 Å². The van der Waals surface area contributed by atoms with E-state index in [9.17, 15) is 4.79 Å². The molecule has 1 aliphatic heterocycles. The summed E-state index contributed by atoms with van der Waals surface area (Å²) in [6.07, 6.45) is 2.59. The number of hydrogen-bond donors (Lipinski definition) is 1. The number of nitrogens with one attached hydrogen (secondary N) is 1. The number of rotatable bonds is 3. The van der Waals surface area contributed by atoms with Crippen LogP contribution in [0.5, 0.6) is 0 Å². The second-order valence-corrected chi connectivity index (χ2v) is 5.86. The van der Waals surface area contributed by atoms with Gasteiger partial charge in [0, 0.05) is 10.5 Å². The van der Waals surface area contributed by atoms with Gasteiger partial charge in [0.05, 0.1) is 6.42 Å². The lowest BCUT2D eigenvalue weighted by molar-refractivity contribution is -0.121. The van der Waals surface area contributed by atoms with Gasteiger partial charge in [0.1, 0.15) is 0 Å². The van der Waals surface area contributed by atoms with E-state index in [-0.39, 0.29) is 5.91 Å². The molecule has 1 aromatic carbocycles. The standard InChI is InChI=1S/C14H19BrN2O/c1-17-8-6-13(7-9-17)16-14(18)10-11-2-4-12(15)5-3-11/h2-5,13H,6-10H2,1H3,(H,16,18). The third kappa shape index (κ3) is 4.10. The summed E-state index contributed by atoms with van der Waals surface area (Å²) >= 11 is 3.39. The largest absolute Gasteiger partial charge is 0.353 e. The van der Waals surface area contributed by atoms with Crippen LogP contribution < -0.4 is 5.32 Å². The van der Waals surface area contributed by atoms with Gasteiger partial charge in [-0.2, -0.15) is 0 Å². The number of carbonyl (C=O) groups is 1. The number of carbonyl (C=O) groups excluding carboxylic acids is 1. The molecule has 1 aliphatic rings.